The normalized spacial score (nSPS) is 18.9. The van der Waals surface area contributed by atoms with Crippen LogP contribution in [0.5, 0.6) is 0 Å². The zero-order chi connectivity index (χ0) is 20.5. The summed E-state index contributed by atoms with van der Waals surface area (Å²) in [5, 5.41) is 15.1. The average Bonchev–Trinajstić information content (AvgIpc) is 3.33. The number of nitro groups is 1. The molecule has 0 saturated carbocycles. The summed E-state index contributed by atoms with van der Waals surface area (Å²) in [7, 11) is 0. The molecule has 3 heterocycles. The monoisotopic (exact) mass is 408 g/mol. The van der Waals surface area contributed by atoms with Crippen molar-refractivity contribution in [1.29, 1.82) is 0 Å². The number of furan rings is 1. The van der Waals surface area contributed by atoms with Gasteiger partial charge in [0.15, 0.2) is 5.11 Å². The van der Waals surface area contributed by atoms with E-state index in [0.29, 0.717) is 16.4 Å². The highest BCUT2D eigenvalue weighted by molar-refractivity contribution is 7.80. The fourth-order valence-corrected chi connectivity index (χ4v) is 4.12. The quantitative estimate of drug-likeness (QED) is 0.374. The fourth-order valence-electron chi connectivity index (χ4n) is 3.67. The smallest absolute Gasteiger partial charge is 0.270 e. The maximum atomic E-state index is 11.1. The SMILES string of the molecule is CC(C)N1C(=S)N[C@@H](c2ccccn2)[C@@H]1c1ccc(-c2cccc([N+](=O)[O-])c2)o1. The average molecular weight is 408 g/mol. The fraction of sp³-hybridized carbons (Fsp3) is 0.238. The molecule has 1 aliphatic heterocycles. The Morgan fingerprint density at radius 2 is 2.03 bits per heavy atom. The summed E-state index contributed by atoms with van der Waals surface area (Å²) in [6.07, 6.45) is 1.76. The minimum absolute atomic E-state index is 0.0272. The first-order chi connectivity index (χ1) is 14.0. The van der Waals surface area contributed by atoms with Gasteiger partial charge in [-0.1, -0.05) is 18.2 Å². The molecule has 1 fully saturated rings. The Bertz CT molecular complexity index is 1050. The molecule has 0 bridgehead atoms. The van der Waals surface area contributed by atoms with E-state index in [4.69, 9.17) is 16.6 Å². The summed E-state index contributed by atoms with van der Waals surface area (Å²) < 4.78 is 6.18. The predicted molar refractivity (Wildman–Crippen MR) is 113 cm³/mol. The summed E-state index contributed by atoms with van der Waals surface area (Å²) in [6.45, 7) is 4.15. The molecule has 8 heteroatoms. The van der Waals surface area contributed by atoms with Gasteiger partial charge in [0.25, 0.3) is 5.69 Å². The van der Waals surface area contributed by atoms with Gasteiger partial charge >= 0.3 is 0 Å². The zero-order valence-corrected chi connectivity index (χ0v) is 16.8. The number of hydrogen-bond donors (Lipinski definition) is 1. The minimum Gasteiger partial charge on any atom is -0.459 e. The van der Waals surface area contributed by atoms with E-state index in [-0.39, 0.29) is 23.8 Å². The summed E-state index contributed by atoms with van der Waals surface area (Å²) in [5.41, 5.74) is 1.56. The number of thiocarbonyl (C=S) groups is 1. The van der Waals surface area contributed by atoms with Gasteiger partial charge in [-0.25, -0.2) is 0 Å². The zero-order valence-electron chi connectivity index (χ0n) is 16.0. The Labute approximate surface area is 173 Å². The molecule has 1 aromatic carbocycles. The van der Waals surface area contributed by atoms with Crippen LogP contribution in [0.4, 0.5) is 5.69 Å². The van der Waals surface area contributed by atoms with E-state index in [1.165, 1.54) is 12.1 Å². The van der Waals surface area contributed by atoms with Gasteiger partial charge in [-0.15, -0.1) is 0 Å². The van der Waals surface area contributed by atoms with Gasteiger partial charge in [0, 0.05) is 29.9 Å². The van der Waals surface area contributed by atoms with Crippen LogP contribution in [0.1, 0.15) is 37.4 Å². The van der Waals surface area contributed by atoms with Crippen LogP contribution in [-0.2, 0) is 0 Å². The van der Waals surface area contributed by atoms with Crippen molar-refractivity contribution in [2.45, 2.75) is 32.0 Å². The number of hydrogen-bond acceptors (Lipinski definition) is 5. The number of nitro benzene ring substituents is 1. The number of nitrogens with zero attached hydrogens (tertiary/aromatic N) is 3. The van der Waals surface area contributed by atoms with Crippen molar-refractivity contribution in [3.8, 4) is 11.3 Å². The molecule has 1 saturated heterocycles. The largest absolute Gasteiger partial charge is 0.459 e. The molecule has 0 spiro atoms. The first-order valence-corrected chi connectivity index (χ1v) is 9.71. The molecule has 2 aromatic heterocycles. The molecule has 1 N–H and O–H groups in total. The van der Waals surface area contributed by atoms with Gasteiger partial charge in [0.2, 0.25) is 0 Å². The second-order valence-corrected chi connectivity index (χ2v) is 7.52. The van der Waals surface area contributed by atoms with Crippen molar-refractivity contribution in [3.05, 3.63) is 82.4 Å². The van der Waals surface area contributed by atoms with Crippen LogP contribution in [0.25, 0.3) is 11.3 Å². The second-order valence-electron chi connectivity index (χ2n) is 7.14. The van der Waals surface area contributed by atoms with Crippen molar-refractivity contribution in [2.75, 3.05) is 0 Å². The highest BCUT2D eigenvalue weighted by Crippen LogP contribution is 2.41. The maximum Gasteiger partial charge on any atom is 0.270 e. The summed E-state index contributed by atoms with van der Waals surface area (Å²) in [4.78, 5) is 17.3. The van der Waals surface area contributed by atoms with Gasteiger partial charge in [-0.05, 0) is 50.3 Å². The first kappa shape index (κ1) is 19.1. The molecule has 0 amide bonds. The van der Waals surface area contributed by atoms with E-state index < -0.39 is 4.92 Å². The van der Waals surface area contributed by atoms with E-state index in [2.05, 4.69) is 29.0 Å². The van der Waals surface area contributed by atoms with Crippen molar-refractivity contribution >= 4 is 23.0 Å². The lowest BCUT2D eigenvalue weighted by molar-refractivity contribution is -0.384. The van der Waals surface area contributed by atoms with Crippen LogP contribution >= 0.6 is 12.2 Å². The van der Waals surface area contributed by atoms with E-state index in [9.17, 15) is 10.1 Å². The highest BCUT2D eigenvalue weighted by atomic mass is 32.1. The standard InChI is InChI=1S/C21H20N4O3S/c1-13(2)24-20(19(23-21(24)29)16-8-3-4-11-22-16)18-10-9-17(28-18)14-6-5-7-15(12-14)25(26)27/h3-13,19-20H,1-2H3,(H,23,29)/t19-,20-/m0/s1. The molecule has 0 unspecified atom stereocenters. The number of non-ortho nitro benzene ring substituents is 1. The van der Waals surface area contributed by atoms with Crippen molar-refractivity contribution in [3.63, 3.8) is 0 Å². The van der Waals surface area contributed by atoms with Crippen LogP contribution in [0, 0.1) is 10.1 Å². The topological polar surface area (TPSA) is 84.4 Å². The maximum absolute atomic E-state index is 11.1. The third-order valence-corrected chi connectivity index (χ3v) is 5.28. The van der Waals surface area contributed by atoms with Gasteiger partial charge in [0.1, 0.15) is 17.6 Å². The summed E-state index contributed by atoms with van der Waals surface area (Å²) in [5.74, 6) is 1.30. The number of benzene rings is 1. The number of pyridine rings is 1. The van der Waals surface area contributed by atoms with Crippen LogP contribution < -0.4 is 5.32 Å². The van der Waals surface area contributed by atoms with E-state index in [0.717, 1.165) is 11.5 Å². The molecule has 4 rings (SSSR count). The number of rotatable bonds is 5. The lowest BCUT2D eigenvalue weighted by atomic mass is 10.0. The molecular formula is C21H20N4O3S. The van der Waals surface area contributed by atoms with Crippen molar-refractivity contribution < 1.29 is 9.34 Å². The number of aromatic nitrogens is 1. The van der Waals surface area contributed by atoms with Crippen LogP contribution in [-0.4, -0.2) is 26.0 Å². The number of nitrogens with one attached hydrogen (secondary N) is 1. The molecule has 1 aliphatic rings. The third kappa shape index (κ3) is 3.58. The molecule has 0 aliphatic carbocycles. The molecule has 2 atom stereocenters. The molecule has 3 aromatic rings. The summed E-state index contributed by atoms with van der Waals surface area (Å²) in [6, 6.07) is 15.8. The molecule has 0 radical (unpaired) electrons. The molecular weight excluding hydrogens is 388 g/mol. The van der Waals surface area contributed by atoms with Crippen molar-refractivity contribution in [2.24, 2.45) is 0 Å². The van der Waals surface area contributed by atoms with Crippen LogP contribution in [0.15, 0.2) is 65.2 Å². The Morgan fingerprint density at radius 3 is 2.72 bits per heavy atom. The van der Waals surface area contributed by atoms with E-state index in [1.807, 2.05) is 30.3 Å². The van der Waals surface area contributed by atoms with Crippen molar-refractivity contribution in [1.82, 2.24) is 15.2 Å². The lowest BCUT2D eigenvalue weighted by Crippen LogP contribution is -2.35. The minimum atomic E-state index is -0.412. The van der Waals surface area contributed by atoms with Crippen LogP contribution in [0.3, 0.4) is 0 Å². The predicted octanol–water partition coefficient (Wildman–Crippen LogP) is 4.63. The van der Waals surface area contributed by atoms with Crippen LogP contribution in [0.2, 0.25) is 0 Å². The third-order valence-electron chi connectivity index (χ3n) is 4.95. The molecule has 7 nitrogen and oxygen atoms in total. The van der Waals surface area contributed by atoms with Gasteiger partial charge in [-0.3, -0.25) is 15.1 Å². The Balaban J connectivity index is 1.74. The van der Waals surface area contributed by atoms with Gasteiger partial charge in [-0.2, -0.15) is 0 Å². The van der Waals surface area contributed by atoms with Gasteiger partial charge in [0.05, 0.1) is 16.7 Å². The Morgan fingerprint density at radius 1 is 1.21 bits per heavy atom. The van der Waals surface area contributed by atoms with E-state index in [1.54, 1.807) is 18.3 Å². The lowest BCUT2D eigenvalue weighted by Gasteiger charge is -2.29. The second kappa shape index (κ2) is 7.63. The van der Waals surface area contributed by atoms with Gasteiger partial charge < -0.3 is 14.6 Å². The Kier molecular flexibility index (Phi) is 5.02. The highest BCUT2D eigenvalue weighted by Gasteiger charge is 2.42. The Hall–Kier alpha value is -3.26. The first-order valence-electron chi connectivity index (χ1n) is 9.30. The molecule has 148 valence electrons. The summed E-state index contributed by atoms with van der Waals surface area (Å²) >= 11 is 5.59. The molecule has 29 heavy (non-hydrogen) atoms. The van der Waals surface area contributed by atoms with E-state index >= 15 is 0 Å².